The third-order valence-electron chi connectivity index (χ3n) is 4.58. The molecule has 0 radical (unpaired) electrons. The predicted molar refractivity (Wildman–Crippen MR) is 93.5 cm³/mol. The molecule has 132 valence electrons. The third kappa shape index (κ3) is 5.34. The first-order chi connectivity index (χ1) is 11.5. The van der Waals surface area contributed by atoms with Crippen molar-refractivity contribution in [2.24, 2.45) is 0 Å². The Bertz CT molecular complexity index is 556. The van der Waals surface area contributed by atoms with Gasteiger partial charge >= 0.3 is 5.97 Å². The largest absolute Gasteiger partial charge is 0.465 e. The molecular weight excluding hydrogens is 304 g/mol. The molecule has 0 N–H and O–H groups in total. The summed E-state index contributed by atoms with van der Waals surface area (Å²) in [5, 5.41) is 0. The molecule has 1 aromatic rings. The zero-order chi connectivity index (χ0) is 17.5. The lowest BCUT2D eigenvalue weighted by atomic mass is 10.1. The molecule has 1 unspecified atom stereocenters. The molecule has 0 spiro atoms. The van der Waals surface area contributed by atoms with Crippen molar-refractivity contribution in [2.45, 2.75) is 45.7 Å². The van der Waals surface area contributed by atoms with Gasteiger partial charge in [0.2, 0.25) is 5.91 Å². The van der Waals surface area contributed by atoms with Gasteiger partial charge in [-0.25, -0.2) is 0 Å². The van der Waals surface area contributed by atoms with Gasteiger partial charge in [0, 0.05) is 25.6 Å². The molecule has 1 heterocycles. The SMILES string of the molecule is CCOC(=O)CN(C)C1CCC(=O)N(Cc2ccc(C)cc2)CC1. The fourth-order valence-electron chi connectivity index (χ4n) is 3.08. The molecule has 1 aliphatic rings. The molecule has 1 saturated heterocycles. The highest BCUT2D eigenvalue weighted by atomic mass is 16.5. The standard InChI is InChI=1S/C19H28N2O3/c1-4-24-19(23)14-20(3)17-9-10-18(22)21(12-11-17)13-16-7-5-15(2)6-8-16/h5-8,17H,4,9-14H2,1-3H3. The Kier molecular flexibility index (Phi) is 6.79. The summed E-state index contributed by atoms with van der Waals surface area (Å²) in [7, 11) is 1.93. The number of rotatable bonds is 6. The van der Waals surface area contributed by atoms with E-state index in [-0.39, 0.29) is 24.5 Å². The molecule has 0 bridgehead atoms. The molecule has 1 aromatic carbocycles. The van der Waals surface area contributed by atoms with E-state index in [0.717, 1.165) is 24.9 Å². The molecule has 5 nitrogen and oxygen atoms in total. The summed E-state index contributed by atoms with van der Waals surface area (Å²) in [5.74, 6) is -0.00491. The topological polar surface area (TPSA) is 49.9 Å². The second kappa shape index (κ2) is 8.83. The lowest BCUT2D eigenvalue weighted by Crippen LogP contribution is -2.37. The predicted octanol–water partition coefficient (Wildman–Crippen LogP) is 2.37. The van der Waals surface area contributed by atoms with Crippen LogP contribution in [-0.4, -0.2) is 54.5 Å². The Morgan fingerprint density at radius 1 is 1.29 bits per heavy atom. The van der Waals surface area contributed by atoms with E-state index in [1.807, 2.05) is 23.8 Å². The number of aryl methyl sites for hydroxylation is 1. The number of hydrogen-bond acceptors (Lipinski definition) is 4. The van der Waals surface area contributed by atoms with Crippen LogP contribution in [0.15, 0.2) is 24.3 Å². The molecule has 2 rings (SSSR count). The van der Waals surface area contributed by atoms with Crippen molar-refractivity contribution in [2.75, 3.05) is 26.7 Å². The van der Waals surface area contributed by atoms with E-state index in [1.165, 1.54) is 5.56 Å². The molecule has 0 aliphatic carbocycles. The van der Waals surface area contributed by atoms with Crippen LogP contribution in [0.2, 0.25) is 0 Å². The van der Waals surface area contributed by atoms with Gasteiger partial charge in [0.25, 0.3) is 0 Å². The van der Waals surface area contributed by atoms with Crippen molar-refractivity contribution >= 4 is 11.9 Å². The number of likely N-dealkylation sites (tertiary alicyclic amines) is 1. The number of benzene rings is 1. The minimum atomic E-state index is -0.202. The second-order valence-corrected chi connectivity index (χ2v) is 6.50. The summed E-state index contributed by atoms with van der Waals surface area (Å²) < 4.78 is 5.01. The molecule has 1 amide bonds. The molecule has 1 aliphatic heterocycles. The third-order valence-corrected chi connectivity index (χ3v) is 4.58. The highest BCUT2D eigenvalue weighted by Crippen LogP contribution is 2.19. The summed E-state index contributed by atoms with van der Waals surface area (Å²) in [5.41, 5.74) is 2.38. The Balaban J connectivity index is 1.91. The van der Waals surface area contributed by atoms with Gasteiger partial charge in [0.05, 0.1) is 13.2 Å². The average molecular weight is 332 g/mol. The number of amides is 1. The first kappa shape index (κ1) is 18.5. The number of nitrogens with zero attached hydrogens (tertiary/aromatic N) is 2. The van der Waals surface area contributed by atoms with Gasteiger partial charge in [0.15, 0.2) is 0 Å². The lowest BCUT2D eigenvalue weighted by Gasteiger charge is -2.26. The Hall–Kier alpha value is -1.88. The van der Waals surface area contributed by atoms with E-state index in [0.29, 0.717) is 19.6 Å². The molecule has 1 fully saturated rings. The van der Waals surface area contributed by atoms with E-state index >= 15 is 0 Å². The van der Waals surface area contributed by atoms with Crippen LogP contribution >= 0.6 is 0 Å². The Morgan fingerprint density at radius 2 is 2.00 bits per heavy atom. The van der Waals surface area contributed by atoms with E-state index in [4.69, 9.17) is 4.74 Å². The monoisotopic (exact) mass is 332 g/mol. The zero-order valence-corrected chi connectivity index (χ0v) is 15.0. The van der Waals surface area contributed by atoms with Gasteiger partial charge in [0.1, 0.15) is 0 Å². The summed E-state index contributed by atoms with van der Waals surface area (Å²) in [6.45, 7) is 5.94. The van der Waals surface area contributed by atoms with Crippen LogP contribution in [0.1, 0.15) is 37.3 Å². The van der Waals surface area contributed by atoms with E-state index in [1.54, 1.807) is 0 Å². The quantitative estimate of drug-likeness (QED) is 0.751. The van der Waals surface area contributed by atoms with Crippen LogP contribution in [0.5, 0.6) is 0 Å². The van der Waals surface area contributed by atoms with Crippen LogP contribution < -0.4 is 0 Å². The zero-order valence-electron chi connectivity index (χ0n) is 15.0. The number of ether oxygens (including phenoxy) is 1. The van der Waals surface area contributed by atoms with Crippen LogP contribution in [0, 0.1) is 6.92 Å². The lowest BCUT2D eigenvalue weighted by molar-refractivity contribution is -0.144. The first-order valence-electron chi connectivity index (χ1n) is 8.68. The molecule has 5 heteroatoms. The smallest absolute Gasteiger partial charge is 0.320 e. The molecule has 0 aromatic heterocycles. The maximum Gasteiger partial charge on any atom is 0.320 e. The number of hydrogen-bond donors (Lipinski definition) is 0. The summed E-state index contributed by atoms with van der Waals surface area (Å²) in [6.07, 6.45) is 2.20. The van der Waals surface area contributed by atoms with Gasteiger partial charge in [-0.1, -0.05) is 29.8 Å². The molecule has 1 atom stereocenters. The maximum absolute atomic E-state index is 12.4. The fourth-order valence-corrected chi connectivity index (χ4v) is 3.08. The normalized spacial score (nSPS) is 18.6. The molecular formula is C19H28N2O3. The highest BCUT2D eigenvalue weighted by Gasteiger charge is 2.26. The van der Waals surface area contributed by atoms with Crippen molar-refractivity contribution in [3.63, 3.8) is 0 Å². The van der Waals surface area contributed by atoms with Gasteiger partial charge in [-0.3, -0.25) is 14.5 Å². The van der Waals surface area contributed by atoms with Gasteiger partial charge in [-0.05, 0) is 39.3 Å². The van der Waals surface area contributed by atoms with Gasteiger partial charge in [-0.2, -0.15) is 0 Å². The van der Waals surface area contributed by atoms with Crippen molar-refractivity contribution in [1.82, 2.24) is 9.80 Å². The highest BCUT2D eigenvalue weighted by molar-refractivity contribution is 5.76. The summed E-state index contributed by atoms with van der Waals surface area (Å²) >= 11 is 0. The van der Waals surface area contributed by atoms with Crippen LogP contribution in [0.4, 0.5) is 0 Å². The molecule has 24 heavy (non-hydrogen) atoms. The second-order valence-electron chi connectivity index (χ2n) is 6.50. The first-order valence-corrected chi connectivity index (χ1v) is 8.68. The summed E-state index contributed by atoms with van der Waals surface area (Å²) in [4.78, 5) is 28.0. The van der Waals surface area contributed by atoms with Crippen LogP contribution in [0.3, 0.4) is 0 Å². The fraction of sp³-hybridized carbons (Fsp3) is 0.579. The minimum absolute atomic E-state index is 0.197. The van der Waals surface area contributed by atoms with Crippen molar-refractivity contribution in [3.05, 3.63) is 35.4 Å². The number of carbonyl (C=O) groups is 2. The van der Waals surface area contributed by atoms with E-state index in [9.17, 15) is 9.59 Å². The van der Waals surface area contributed by atoms with Crippen LogP contribution in [-0.2, 0) is 20.9 Å². The van der Waals surface area contributed by atoms with Crippen molar-refractivity contribution in [1.29, 1.82) is 0 Å². The van der Waals surface area contributed by atoms with Crippen LogP contribution in [0.25, 0.3) is 0 Å². The Labute approximate surface area is 144 Å². The van der Waals surface area contributed by atoms with E-state index < -0.39 is 0 Å². The minimum Gasteiger partial charge on any atom is -0.465 e. The molecule has 0 saturated carbocycles. The average Bonchev–Trinajstić information content (AvgIpc) is 2.72. The van der Waals surface area contributed by atoms with Crippen molar-refractivity contribution in [3.8, 4) is 0 Å². The number of carbonyl (C=O) groups excluding carboxylic acids is 2. The Morgan fingerprint density at radius 3 is 2.67 bits per heavy atom. The number of likely N-dealkylation sites (N-methyl/N-ethyl adjacent to an activating group) is 1. The van der Waals surface area contributed by atoms with E-state index in [2.05, 4.69) is 31.2 Å². The number of esters is 1. The maximum atomic E-state index is 12.4. The van der Waals surface area contributed by atoms with Crippen molar-refractivity contribution < 1.29 is 14.3 Å². The summed E-state index contributed by atoms with van der Waals surface area (Å²) in [6, 6.07) is 8.55. The van der Waals surface area contributed by atoms with Gasteiger partial charge < -0.3 is 9.64 Å². The van der Waals surface area contributed by atoms with Gasteiger partial charge in [-0.15, -0.1) is 0 Å².